The second-order valence-electron chi connectivity index (χ2n) is 8.37. The summed E-state index contributed by atoms with van der Waals surface area (Å²) in [4.78, 5) is 14.9. The van der Waals surface area contributed by atoms with Crippen molar-refractivity contribution in [1.29, 1.82) is 5.26 Å². The lowest BCUT2D eigenvalue weighted by Gasteiger charge is -2.33. The van der Waals surface area contributed by atoms with Crippen LogP contribution in [-0.2, 0) is 16.8 Å². The Balaban J connectivity index is 1.95. The number of piperidine rings is 1. The second-order valence-corrected chi connectivity index (χ2v) is 8.37. The number of aryl methyl sites for hydroxylation is 1. The molecule has 3 N–H and O–H groups in total. The zero-order valence-corrected chi connectivity index (χ0v) is 18.6. The quantitative estimate of drug-likeness (QED) is 0.586. The molecular formula is C25H32N4O2. The summed E-state index contributed by atoms with van der Waals surface area (Å²) in [5.74, 6) is -0.919. The van der Waals surface area contributed by atoms with E-state index in [1.54, 1.807) is 24.3 Å². The molecule has 1 heterocycles. The van der Waals surface area contributed by atoms with Crippen molar-refractivity contribution in [2.45, 2.75) is 51.1 Å². The number of nitrogens with zero attached hydrogens (tertiary/aromatic N) is 2. The minimum Gasteiger partial charge on any atom is -0.479 e. The van der Waals surface area contributed by atoms with Gasteiger partial charge in [0.1, 0.15) is 0 Å². The van der Waals surface area contributed by atoms with E-state index in [9.17, 15) is 9.90 Å². The number of aliphatic carboxylic acids is 1. The van der Waals surface area contributed by atoms with Gasteiger partial charge in [0.25, 0.3) is 0 Å². The Hall–Kier alpha value is -3.04. The van der Waals surface area contributed by atoms with E-state index in [2.05, 4.69) is 41.6 Å². The third-order valence-corrected chi connectivity index (χ3v) is 6.25. The molecule has 0 aliphatic carbocycles. The van der Waals surface area contributed by atoms with Crippen molar-refractivity contribution in [3.05, 3.63) is 59.2 Å². The lowest BCUT2D eigenvalue weighted by Crippen LogP contribution is -2.43. The third-order valence-electron chi connectivity index (χ3n) is 6.25. The second kappa shape index (κ2) is 9.84. The Morgan fingerprint density at radius 1 is 1.16 bits per heavy atom. The Kier molecular flexibility index (Phi) is 7.19. The topological polar surface area (TPSA) is 88.4 Å². The normalized spacial score (nSPS) is 16.8. The minimum atomic E-state index is -1.26. The van der Waals surface area contributed by atoms with E-state index in [1.165, 1.54) is 0 Å². The van der Waals surface area contributed by atoms with Crippen molar-refractivity contribution in [2.24, 2.45) is 0 Å². The van der Waals surface area contributed by atoms with E-state index in [0.717, 1.165) is 49.2 Å². The molecule has 1 aliphatic heterocycles. The molecule has 6 nitrogen and oxygen atoms in total. The lowest BCUT2D eigenvalue weighted by molar-refractivity contribution is -0.142. The van der Waals surface area contributed by atoms with E-state index in [0.29, 0.717) is 23.7 Å². The molecule has 0 radical (unpaired) electrons. The summed E-state index contributed by atoms with van der Waals surface area (Å²) in [6.07, 6.45) is 3.35. The van der Waals surface area contributed by atoms with Gasteiger partial charge in [0.05, 0.1) is 11.6 Å². The number of carboxylic acids is 1. The van der Waals surface area contributed by atoms with Gasteiger partial charge in [-0.2, -0.15) is 5.26 Å². The molecule has 1 saturated heterocycles. The highest BCUT2D eigenvalue weighted by atomic mass is 16.4. The Bertz CT molecular complexity index is 943. The van der Waals surface area contributed by atoms with Gasteiger partial charge < -0.3 is 20.6 Å². The first-order valence-corrected chi connectivity index (χ1v) is 11.0. The molecule has 0 aromatic heterocycles. The standard InChI is InChI=1S/C25H32N4O2/c1-4-18-14-20(16-23(15-18)27-21-10-12-29(3)13-11-21)25(5-2,24(30)31)28-22-8-6-19(17-26)7-9-22/h6-9,14-16,21,27-28H,4-5,10-13H2,1-3H3,(H,30,31). The summed E-state index contributed by atoms with van der Waals surface area (Å²) in [6, 6.07) is 15.5. The molecule has 1 fully saturated rings. The molecule has 2 aromatic carbocycles. The van der Waals surface area contributed by atoms with Crippen LogP contribution >= 0.6 is 0 Å². The Labute approximate surface area is 184 Å². The molecule has 164 valence electrons. The monoisotopic (exact) mass is 420 g/mol. The van der Waals surface area contributed by atoms with Gasteiger partial charge in [-0.25, -0.2) is 4.79 Å². The number of carboxylic acid groups (broad SMARTS) is 1. The first-order chi connectivity index (χ1) is 14.9. The molecule has 0 bridgehead atoms. The number of nitriles is 1. The van der Waals surface area contributed by atoms with Gasteiger partial charge in [-0.3, -0.25) is 0 Å². The van der Waals surface area contributed by atoms with Gasteiger partial charge >= 0.3 is 5.97 Å². The lowest BCUT2D eigenvalue weighted by atomic mass is 9.85. The minimum absolute atomic E-state index is 0.378. The molecule has 0 amide bonds. The van der Waals surface area contributed by atoms with E-state index in [-0.39, 0.29) is 0 Å². The first-order valence-electron chi connectivity index (χ1n) is 11.0. The number of rotatable bonds is 8. The van der Waals surface area contributed by atoms with Crippen molar-refractivity contribution in [2.75, 3.05) is 30.8 Å². The molecule has 2 aromatic rings. The van der Waals surface area contributed by atoms with Crippen LogP contribution in [0.25, 0.3) is 0 Å². The predicted octanol–water partition coefficient (Wildman–Crippen LogP) is 4.43. The molecule has 3 rings (SSSR count). The Morgan fingerprint density at radius 2 is 1.84 bits per heavy atom. The summed E-state index contributed by atoms with van der Waals surface area (Å²) >= 11 is 0. The van der Waals surface area contributed by atoms with Crippen LogP contribution in [0.3, 0.4) is 0 Å². The van der Waals surface area contributed by atoms with Crippen LogP contribution in [-0.4, -0.2) is 42.2 Å². The van der Waals surface area contributed by atoms with Crippen molar-refractivity contribution < 1.29 is 9.90 Å². The molecule has 0 saturated carbocycles. The van der Waals surface area contributed by atoms with Crippen molar-refractivity contribution in [3.63, 3.8) is 0 Å². The van der Waals surface area contributed by atoms with Crippen LogP contribution in [0, 0.1) is 11.3 Å². The average Bonchev–Trinajstić information content (AvgIpc) is 2.79. The summed E-state index contributed by atoms with van der Waals surface area (Å²) < 4.78 is 0. The molecule has 31 heavy (non-hydrogen) atoms. The van der Waals surface area contributed by atoms with Crippen LogP contribution in [0.4, 0.5) is 11.4 Å². The summed E-state index contributed by atoms with van der Waals surface area (Å²) in [6.45, 7) is 6.09. The van der Waals surface area contributed by atoms with Crippen molar-refractivity contribution in [3.8, 4) is 6.07 Å². The highest BCUT2D eigenvalue weighted by Gasteiger charge is 2.39. The number of nitrogens with one attached hydrogen (secondary N) is 2. The third kappa shape index (κ3) is 5.18. The maximum atomic E-state index is 12.6. The van der Waals surface area contributed by atoms with Gasteiger partial charge in [-0.1, -0.05) is 19.9 Å². The largest absolute Gasteiger partial charge is 0.479 e. The number of hydrogen-bond donors (Lipinski definition) is 3. The molecule has 0 spiro atoms. The van der Waals surface area contributed by atoms with Gasteiger partial charge in [0.2, 0.25) is 0 Å². The smallest absolute Gasteiger partial charge is 0.334 e. The van der Waals surface area contributed by atoms with Crippen LogP contribution in [0.15, 0.2) is 42.5 Å². The van der Waals surface area contributed by atoms with Gasteiger partial charge in [-0.15, -0.1) is 0 Å². The maximum absolute atomic E-state index is 12.6. The number of carbonyl (C=O) groups is 1. The first kappa shape index (κ1) is 22.6. The summed E-state index contributed by atoms with van der Waals surface area (Å²) in [7, 11) is 2.14. The maximum Gasteiger partial charge on any atom is 0.334 e. The summed E-state index contributed by atoms with van der Waals surface area (Å²) in [5.41, 5.74) is 2.78. The predicted molar refractivity (Wildman–Crippen MR) is 124 cm³/mol. The van der Waals surface area contributed by atoms with Crippen LogP contribution in [0.1, 0.15) is 49.8 Å². The van der Waals surface area contributed by atoms with Gasteiger partial charge in [0.15, 0.2) is 5.54 Å². The van der Waals surface area contributed by atoms with E-state index >= 15 is 0 Å². The number of likely N-dealkylation sites (tertiary alicyclic amines) is 1. The van der Waals surface area contributed by atoms with Crippen LogP contribution in [0.2, 0.25) is 0 Å². The van der Waals surface area contributed by atoms with Crippen LogP contribution in [0.5, 0.6) is 0 Å². The highest BCUT2D eigenvalue weighted by Crippen LogP contribution is 2.34. The molecule has 1 aliphatic rings. The zero-order valence-electron chi connectivity index (χ0n) is 18.6. The fourth-order valence-electron chi connectivity index (χ4n) is 4.18. The highest BCUT2D eigenvalue weighted by molar-refractivity contribution is 5.85. The van der Waals surface area contributed by atoms with E-state index < -0.39 is 11.5 Å². The van der Waals surface area contributed by atoms with E-state index in [4.69, 9.17) is 5.26 Å². The van der Waals surface area contributed by atoms with Gasteiger partial charge in [0, 0.05) is 17.4 Å². The van der Waals surface area contributed by atoms with Crippen LogP contribution < -0.4 is 10.6 Å². The number of anilines is 2. The number of hydrogen-bond acceptors (Lipinski definition) is 5. The zero-order chi connectivity index (χ0) is 22.4. The van der Waals surface area contributed by atoms with E-state index in [1.807, 2.05) is 19.1 Å². The SMILES string of the molecule is CCc1cc(NC2CCN(C)CC2)cc(C(CC)(Nc2ccc(C#N)cc2)C(=O)O)c1. The van der Waals surface area contributed by atoms with Gasteiger partial charge in [-0.05, 0) is 93.3 Å². The number of benzene rings is 2. The summed E-state index contributed by atoms with van der Waals surface area (Å²) in [5, 5.41) is 26.2. The molecular weight excluding hydrogens is 388 g/mol. The fourth-order valence-corrected chi connectivity index (χ4v) is 4.18. The molecule has 1 unspecified atom stereocenters. The van der Waals surface area contributed by atoms with Crippen molar-refractivity contribution in [1.82, 2.24) is 4.90 Å². The average molecular weight is 421 g/mol. The Morgan fingerprint density at radius 3 is 2.39 bits per heavy atom. The molecule has 1 atom stereocenters. The van der Waals surface area contributed by atoms with Crippen molar-refractivity contribution >= 4 is 17.3 Å². The molecule has 6 heteroatoms. The fraction of sp³-hybridized carbons (Fsp3) is 0.440.